The van der Waals surface area contributed by atoms with Crippen LogP contribution in [0.3, 0.4) is 0 Å². The summed E-state index contributed by atoms with van der Waals surface area (Å²) in [6.07, 6.45) is 1.25. The fraction of sp³-hybridized carbons (Fsp3) is 0.818. The van der Waals surface area contributed by atoms with Crippen LogP contribution in [0.4, 0.5) is 0 Å². The number of aliphatic hydroxyl groups excluding tert-OH is 1. The van der Waals surface area contributed by atoms with Crippen LogP contribution < -0.4 is 0 Å². The van der Waals surface area contributed by atoms with Crippen molar-refractivity contribution in [3.05, 3.63) is 47.5 Å². The summed E-state index contributed by atoms with van der Waals surface area (Å²) in [5.41, 5.74) is 2.54. The smallest absolute Gasteiger partial charge is 0.205 e. The summed E-state index contributed by atoms with van der Waals surface area (Å²) in [7, 11) is -3.90. The molecule has 0 bridgehead atoms. The Kier molecular flexibility index (Phi) is 19.3. The van der Waals surface area contributed by atoms with Crippen molar-refractivity contribution in [2.45, 2.75) is 193 Å². The molecule has 2 rings (SSSR count). The molecule has 1 N–H and O–H groups in total. The van der Waals surface area contributed by atoms with Crippen LogP contribution in [0.2, 0.25) is 60.4 Å². The Hall–Kier alpha value is -0.709. The zero-order valence-corrected chi connectivity index (χ0v) is 41.5. The van der Waals surface area contributed by atoms with E-state index in [1.54, 1.807) is 7.11 Å². The lowest BCUT2D eigenvalue weighted by Gasteiger charge is -2.53. The van der Waals surface area contributed by atoms with E-state index in [0.717, 1.165) is 17.2 Å². The van der Waals surface area contributed by atoms with Crippen LogP contribution in [0, 0.1) is 5.41 Å². The molecule has 8 nitrogen and oxygen atoms in total. The van der Waals surface area contributed by atoms with Crippen molar-refractivity contribution in [1.82, 2.24) is 0 Å². The zero-order valence-electron chi connectivity index (χ0n) is 38.5. The van der Waals surface area contributed by atoms with Gasteiger partial charge in [-0.25, -0.2) is 0 Å². The van der Waals surface area contributed by atoms with Crippen LogP contribution in [0.1, 0.15) is 101 Å². The van der Waals surface area contributed by atoms with Crippen LogP contribution in [-0.2, 0) is 39.1 Å². The first-order valence-electron chi connectivity index (χ1n) is 21.0. The molecule has 1 aliphatic heterocycles. The average molecular weight is 825 g/mol. The molecule has 0 aromatic heterocycles. The Labute approximate surface area is 341 Å². The maximum Gasteiger partial charge on any atom is 0.205 e. The van der Waals surface area contributed by atoms with Crippen molar-refractivity contribution < 1.29 is 37.6 Å². The molecule has 0 spiro atoms. The summed E-state index contributed by atoms with van der Waals surface area (Å²) in [5, 5.41) is 12.4. The Morgan fingerprint density at radius 3 is 1.98 bits per heavy atom. The first-order chi connectivity index (χ1) is 25.3. The summed E-state index contributed by atoms with van der Waals surface area (Å²) in [5.74, 6) is -1.40. The molecule has 0 aliphatic carbocycles. The van der Waals surface area contributed by atoms with Crippen molar-refractivity contribution in [2.75, 3.05) is 33.7 Å². The molecule has 1 aliphatic rings. The third-order valence-corrected chi connectivity index (χ3v) is 24.7. The Morgan fingerprint density at radius 2 is 1.47 bits per heavy atom. The summed E-state index contributed by atoms with van der Waals surface area (Å²) in [6, 6.07) is 11.2. The molecule has 1 aromatic carbocycles. The molecule has 0 amide bonds. The summed E-state index contributed by atoms with van der Waals surface area (Å²) in [4.78, 5) is 0. The molecule has 0 saturated carbocycles. The van der Waals surface area contributed by atoms with Gasteiger partial charge in [0, 0.05) is 33.6 Å². The van der Waals surface area contributed by atoms with Crippen molar-refractivity contribution in [2.24, 2.45) is 5.41 Å². The topological polar surface area (TPSA) is 84.8 Å². The van der Waals surface area contributed by atoms with E-state index in [4.69, 9.17) is 32.5 Å². The fourth-order valence-electron chi connectivity index (χ4n) is 8.10. The quantitative estimate of drug-likeness (QED) is 0.0505. The average Bonchev–Trinajstić information content (AvgIpc) is 3.05. The minimum absolute atomic E-state index is 0.0382. The van der Waals surface area contributed by atoms with Gasteiger partial charge < -0.3 is 37.6 Å². The highest BCUT2D eigenvalue weighted by atomic mass is 28.4. The molecule has 1 fully saturated rings. The monoisotopic (exact) mass is 825 g/mol. The second kappa shape index (κ2) is 21.0. The standard InChI is InChI=1S/C44H84O8Si3/c1-33(2)55(34(3)4,35(5)6)50-25-24-38-28-39(51-44(46-13,41(38)45)43(11,12)31-48-30-37-22-20-19-21-23-37)29-40(49-32-47-26-27-53(14,15)16)36(7)52-54(17,18)42(8,9)10/h19-24,33-36,39-41,45H,25-32H2,1-18H3/b38-24+/t36-,39+,40-,41-,44+/m1/s1. The Balaban J connectivity index is 2.55. The number of rotatable bonds is 23. The second-order valence-electron chi connectivity index (χ2n) is 20.3. The highest BCUT2D eigenvalue weighted by molar-refractivity contribution is 6.77. The van der Waals surface area contributed by atoms with E-state index >= 15 is 0 Å². The number of hydrogen-bond acceptors (Lipinski definition) is 8. The fourth-order valence-corrected chi connectivity index (χ4v) is 15.7. The maximum atomic E-state index is 12.4. The summed E-state index contributed by atoms with van der Waals surface area (Å²) >= 11 is 0. The van der Waals surface area contributed by atoms with Gasteiger partial charge in [0.1, 0.15) is 12.9 Å². The van der Waals surface area contributed by atoms with Gasteiger partial charge in [0.2, 0.25) is 14.1 Å². The number of methoxy groups -OCH3 is 1. The highest BCUT2D eigenvalue weighted by Crippen LogP contribution is 2.48. The minimum atomic E-state index is -2.15. The van der Waals surface area contributed by atoms with Gasteiger partial charge in [0.05, 0.1) is 38.1 Å². The van der Waals surface area contributed by atoms with Gasteiger partial charge in [0.15, 0.2) is 8.32 Å². The molecule has 1 saturated heterocycles. The van der Waals surface area contributed by atoms with E-state index in [2.05, 4.69) is 134 Å². The number of hydrogen-bond donors (Lipinski definition) is 1. The molecular weight excluding hydrogens is 741 g/mol. The predicted octanol–water partition coefficient (Wildman–Crippen LogP) is 11.3. The minimum Gasteiger partial charge on any atom is -0.412 e. The second-order valence-corrected chi connectivity index (χ2v) is 36.2. The summed E-state index contributed by atoms with van der Waals surface area (Å²) < 4.78 is 46.4. The molecule has 0 unspecified atom stereocenters. The molecule has 5 atom stereocenters. The molecule has 1 heterocycles. The third-order valence-electron chi connectivity index (χ3n) is 12.4. The van der Waals surface area contributed by atoms with Crippen LogP contribution >= 0.6 is 0 Å². The number of aliphatic hydroxyl groups is 1. The van der Waals surface area contributed by atoms with Crippen LogP contribution in [0.25, 0.3) is 0 Å². The van der Waals surface area contributed by atoms with Gasteiger partial charge in [-0.05, 0) is 65.3 Å². The Bertz CT molecular complexity index is 1270. The maximum absolute atomic E-state index is 12.4. The van der Waals surface area contributed by atoms with E-state index in [1.807, 2.05) is 18.2 Å². The van der Waals surface area contributed by atoms with Gasteiger partial charge in [0.25, 0.3) is 0 Å². The van der Waals surface area contributed by atoms with Crippen LogP contribution in [0.15, 0.2) is 42.0 Å². The van der Waals surface area contributed by atoms with Crippen LogP contribution in [-0.4, -0.2) is 93.7 Å². The van der Waals surface area contributed by atoms with Crippen molar-refractivity contribution in [1.29, 1.82) is 0 Å². The first kappa shape index (κ1) is 50.4. The lowest BCUT2D eigenvalue weighted by Crippen LogP contribution is -2.63. The lowest BCUT2D eigenvalue weighted by atomic mass is 9.75. The predicted molar refractivity (Wildman–Crippen MR) is 236 cm³/mol. The van der Waals surface area contributed by atoms with Crippen molar-refractivity contribution in [3.63, 3.8) is 0 Å². The van der Waals surface area contributed by atoms with Crippen LogP contribution in [0.5, 0.6) is 0 Å². The number of benzene rings is 1. The van der Waals surface area contributed by atoms with E-state index in [1.165, 1.54) is 0 Å². The molecule has 11 heteroatoms. The van der Waals surface area contributed by atoms with Crippen molar-refractivity contribution >= 4 is 24.7 Å². The van der Waals surface area contributed by atoms with E-state index in [0.29, 0.717) is 55.9 Å². The number of ether oxygens (including phenoxy) is 5. The molecular formula is C44H84O8Si3. The largest absolute Gasteiger partial charge is 0.412 e. The van der Waals surface area contributed by atoms with Gasteiger partial charge in [-0.3, -0.25) is 0 Å². The SMILES string of the molecule is CO[C@]1(C(C)(C)COCc2ccccc2)O[C@H](C[C@@H](OCOCC[Si](C)(C)C)[C@@H](C)O[Si](C)(C)C(C)(C)C)C/C(=C\CO[Si](C(C)C)(C(C)C)C(C)C)[C@H]1O. The van der Waals surface area contributed by atoms with E-state index < -0.39 is 42.0 Å². The van der Waals surface area contributed by atoms with Gasteiger partial charge in [-0.15, -0.1) is 0 Å². The van der Waals surface area contributed by atoms with Gasteiger partial charge in [-0.1, -0.05) is 132 Å². The summed E-state index contributed by atoms with van der Waals surface area (Å²) in [6.45, 7) is 40.5. The first-order valence-corrected chi connectivity index (χ1v) is 29.7. The molecule has 1 aromatic rings. The van der Waals surface area contributed by atoms with E-state index in [-0.39, 0.29) is 30.1 Å². The Morgan fingerprint density at radius 1 is 0.891 bits per heavy atom. The van der Waals surface area contributed by atoms with Gasteiger partial charge in [-0.2, -0.15) is 0 Å². The van der Waals surface area contributed by atoms with E-state index in [9.17, 15) is 5.11 Å². The lowest BCUT2D eigenvalue weighted by molar-refractivity contribution is -0.353. The highest BCUT2D eigenvalue weighted by Gasteiger charge is 2.58. The third kappa shape index (κ3) is 13.7. The van der Waals surface area contributed by atoms with Gasteiger partial charge >= 0.3 is 0 Å². The zero-order chi connectivity index (χ0) is 42.0. The van der Waals surface area contributed by atoms with Crippen molar-refractivity contribution in [3.8, 4) is 0 Å². The normalized spacial score (nSPS) is 22.6. The molecule has 55 heavy (non-hydrogen) atoms. The molecule has 0 radical (unpaired) electrons. The molecule has 320 valence electrons.